The topological polar surface area (TPSA) is 48.7 Å². The van der Waals surface area contributed by atoms with E-state index in [1.807, 2.05) is 13.0 Å². The average molecular weight is 179 g/mol. The second-order valence-corrected chi connectivity index (χ2v) is 3.11. The number of anilines is 1. The van der Waals surface area contributed by atoms with Crippen LogP contribution >= 0.6 is 12.6 Å². The van der Waals surface area contributed by atoms with E-state index in [4.69, 9.17) is 5.26 Å². The largest absolute Gasteiger partial charge is 0.359 e. The fourth-order valence-corrected chi connectivity index (χ4v) is 0.924. The summed E-state index contributed by atoms with van der Waals surface area (Å²) in [6.45, 7) is 1.89. The van der Waals surface area contributed by atoms with E-state index in [1.165, 1.54) is 0 Å². The molecule has 0 bridgehead atoms. The highest BCUT2D eigenvalue weighted by atomic mass is 32.1. The predicted molar refractivity (Wildman–Crippen MR) is 51.0 cm³/mol. The average Bonchev–Trinajstić information content (AvgIpc) is 2.03. The van der Waals surface area contributed by atoms with Gasteiger partial charge < -0.3 is 5.32 Å². The fourth-order valence-electron chi connectivity index (χ4n) is 0.791. The molecule has 1 rings (SSSR count). The van der Waals surface area contributed by atoms with E-state index in [2.05, 4.69) is 22.9 Å². The van der Waals surface area contributed by atoms with Gasteiger partial charge in [-0.2, -0.15) is 17.9 Å². The number of thiol groups is 1. The smallest absolute Gasteiger partial charge is 0.142 e. The standard InChI is InChI=1S/C8H9N3S/c1-6(12)10-8-4-2-3-7(5-9)11-8/h2-4,6,12H,1H3,(H,10,11). The first-order chi connectivity index (χ1) is 5.72. The monoisotopic (exact) mass is 179 g/mol. The molecule has 0 aliphatic carbocycles. The lowest BCUT2D eigenvalue weighted by Gasteiger charge is -2.07. The summed E-state index contributed by atoms with van der Waals surface area (Å²) in [6, 6.07) is 7.21. The third-order valence-corrected chi connectivity index (χ3v) is 1.35. The van der Waals surface area contributed by atoms with Crippen LogP contribution in [0.2, 0.25) is 0 Å². The van der Waals surface area contributed by atoms with Gasteiger partial charge in [0.15, 0.2) is 0 Å². The van der Waals surface area contributed by atoms with Gasteiger partial charge in [-0.3, -0.25) is 0 Å². The maximum atomic E-state index is 8.54. The quantitative estimate of drug-likeness (QED) is 0.536. The number of pyridine rings is 1. The third kappa shape index (κ3) is 2.44. The summed E-state index contributed by atoms with van der Waals surface area (Å²) in [6.07, 6.45) is 0. The van der Waals surface area contributed by atoms with Crippen LogP contribution in [-0.2, 0) is 0 Å². The van der Waals surface area contributed by atoms with E-state index in [0.717, 1.165) is 0 Å². The number of nitriles is 1. The Balaban J connectivity index is 2.81. The van der Waals surface area contributed by atoms with E-state index >= 15 is 0 Å². The van der Waals surface area contributed by atoms with Crippen molar-refractivity contribution in [1.29, 1.82) is 5.26 Å². The molecular formula is C8H9N3S. The van der Waals surface area contributed by atoms with E-state index in [0.29, 0.717) is 11.5 Å². The molecule has 1 N–H and O–H groups in total. The highest BCUT2D eigenvalue weighted by Gasteiger charge is 1.97. The van der Waals surface area contributed by atoms with Crippen LogP contribution in [0.1, 0.15) is 12.6 Å². The Hall–Kier alpha value is -1.21. The van der Waals surface area contributed by atoms with Crippen molar-refractivity contribution in [2.45, 2.75) is 12.3 Å². The van der Waals surface area contributed by atoms with Crippen molar-refractivity contribution in [2.24, 2.45) is 0 Å². The van der Waals surface area contributed by atoms with Gasteiger partial charge in [0.1, 0.15) is 17.6 Å². The van der Waals surface area contributed by atoms with Gasteiger partial charge in [-0.15, -0.1) is 0 Å². The molecule has 0 spiro atoms. The molecule has 4 heteroatoms. The van der Waals surface area contributed by atoms with Crippen molar-refractivity contribution in [3.63, 3.8) is 0 Å². The van der Waals surface area contributed by atoms with Crippen LogP contribution in [-0.4, -0.2) is 10.4 Å². The predicted octanol–water partition coefficient (Wildman–Crippen LogP) is 1.64. The lowest BCUT2D eigenvalue weighted by atomic mass is 10.3. The second kappa shape index (κ2) is 3.98. The van der Waals surface area contributed by atoms with E-state index in [1.54, 1.807) is 18.2 Å². The maximum Gasteiger partial charge on any atom is 0.142 e. The summed E-state index contributed by atoms with van der Waals surface area (Å²) >= 11 is 4.14. The molecule has 12 heavy (non-hydrogen) atoms. The Bertz CT molecular complexity index is 303. The minimum absolute atomic E-state index is 0.0337. The summed E-state index contributed by atoms with van der Waals surface area (Å²) in [5.41, 5.74) is 0.411. The molecule has 1 aromatic rings. The van der Waals surface area contributed by atoms with Crippen molar-refractivity contribution in [2.75, 3.05) is 5.32 Å². The molecule has 1 heterocycles. The lowest BCUT2D eigenvalue weighted by molar-refractivity contribution is 1.09. The molecule has 3 nitrogen and oxygen atoms in total. The maximum absolute atomic E-state index is 8.54. The summed E-state index contributed by atoms with van der Waals surface area (Å²) in [4.78, 5) is 4.01. The zero-order valence-corrected chi connectivity index (χ0v) is 7.55. The number of rotatable bonds is 2. The number of hydrogen-bond acceptors (Lipinski definition) is 4. The number of nitrogens with one attached hydrogen (secondary N) is 1. The molecular weight excluding hydrogens is 170 g/mol. The molecule has 0 saturated heterocycles. The minimum atomic E-state index is 0.0337. The molecule has 0 saturated carbocycles. The molecule has 0 aromatic carbocycles. The van der Waals surface area contributed by atoms with E-state index in [9.17, 15) is 0 Å². The second-order valence-electron chi connectivity index (χ2n) is 2.34. The summed E-state index contributed by atoms with van der Waals surface area (Å²) in [5, 5.41) is 11.6. The van der Waals surface area contributed by atoms with Gasteiger partial charge in [0.25, 0.3) is 0 Å². The molecule has 0 amide bonds. The number of aromatic nitrogens is 1. The molecule has 1 atom stereocenters. The first kappa shape index (κ1) is 8.88. The zero-order valence-electron chi connectivity index (χ0n) is 6.65. The SMILES string of the molecule is CC(S)Nc1cccc(C#N)n1. The van der Waals surface area contributed by atoms with Crippen LogP contribution in [0.15, 0.2) is 18.2 Å². The van der Waals surface area contributed by atoms with E-state index in [-0.39, 0.29) is 5.37 Å². The minimum Gasteiger partial charge on any atom is -0.359 e. The van der Waals surface area contributed by atoms with Crippen LogP contribution in [0.3, 0.4) is 0 Å². The molecule has 0 aliphatic rings. The van der Waals surface area contributed by atoms with Crippen molar-refractivity contribution >= 4 is 18.4 Å². The van der Waals surface area contributed by atoms with Gasteiger partial charge >= 0.3 is 0 Å². The van der Waals surface area contributed by atoms with Gasteiger partial charge in [0.2, 0.25) is 0 Å². The number of nitrogens with zero attached hydrogens (tertiary/aromatic N) is 2. The Labute approximate surface area is 76.8 Å². The first-order valence-electron chi connectivity index (χ1n) is 3.54. The molecule has 0 aliphatic heterocycles. The first-order valence-corrected chi connectivity index (χ1v) is 4.06. The van der Waals surface area contributed by atoms with Crippen molar-refractivity contribution < 1.29 is 0 Å². The summed E-state index contributed by atoms with van der Waals surface area (Å²) in [7, 11) is 0. The van der Waals surface area contributed by atoms with Crippen LogP contribution in [0, 0.1) is 11.3 Å². The van der Waals surface area contributed by atoms with Gasteiger partial charge in [-0.1, -0.05) is 6.07 Å². The Morgan fingerprint density at radius 3 is 3.00 bits per heavy atom. The molecule has 0 fully saturated rings. The van der Waals surface area contributed by atoms with Crippen LogP contribution in [0.5, 0.6) is 0 Å². The van der Waals surface area contributed by atoms with E-state index < -0.39 is 0 Å². The summed E-state index contributed by atoms with van der Waals surface area (Å²) < 4.78 is 0. The van der Waals surface area contributed by atoms with Crippen LogP contribution in [0.25, 0.3) is 0 Å². The molecule has 62 valence electrons. The van der Waals surface area contributed by atoms with Gasteiger partial charge in [0.05, 0.1) is 5.37 Å². The van der Waals surface area contributed by atoms with Crippen molar-refractivity contribution in [3.8, 4) is 6.07 Å². The normalized spacial score (nSPS) is 11.8. The Kier molecular flexibility index (Phi) is 2.94. The zero-order chi connectivity index (χ0) is 8.97. The van der Waals surface area contributed by atoms with Crippen LogP contribution in [0.4, 0.5) is 5.82 Å². The van der Waals surface area contributed by atoms with Gasteiger partial charge in [-0.05, 0) is 19.1 Å². The summed E-state index contributed by atoms with van der Waals surface area (Å²) in [5.74, 6) is 0.677. The highest BCUT2D eigenvalue weighted by molar-refractivity contribution is 7.81. The van der Waals surface area contributed by atoms with Crippen molar-refractivity contribution in [1.82, 2.24) is 4.98 Å². The van der Waals surface area contributed by atoms with Gasteiger partial charge in [-0.25, -0.2) is 4.98 Å². The molecule has 0 radical (unpaired) electrons. The lowest BCUT2D eigenvalue weighted by Crippen LogP contribution is -2.08. The molecule has 1 aromatic heterocycles. The highest BCUT2D eigenvalue weighted by Crippen LogP contribution is 2.06. The van der Waals surface area contributed by atoms with Crippen molar-refractivity contribution in [3.05, 3.63) is 23.9 Å². The third-order valence-electron chi connectivity index (χ3n) is 1.22. The Morgan fingerprint density at radius 2 is 2.42 bits per heavy atom. The van der Waals surface area contributed by atoms with Gasteiger partial charge in [0, 0.05) is 0 Å². The van der Waals surface area contributed by atoms with Crippen LogP contribution < -0.4 is 5.32 Å². The Morgan fingerprint density at radius 1 is 1.67 bits per heavy atom. The molecule has 1 unspecified atom stereocenters. The number of hydrogen-bond donors (Lipinski definition) is 2. The fraction of sp³-hybridized carbons (Fsp3) is 0.250.